The summed E-state index contributed by atoms with van der Waals surface area (Å²) in [7, 11) is 0. The number of rotatable bonds is 6. The minimum Gasteiger partial charge on any atom is -1.00 e. The van der Waals surface area contributed by atoms with Crippen LogP contribution in [0.1, 0.15) is 24.0 Å². The van der Waals surface area contributed by atoms with Crippen LogP contribution in [-0.2, 0) is 6.54 Å². The van der Waals surface area contributed by atoms with Crippen LogP contribution >= 0.6 is 22.6 Å². The topological polar surface area (TPSA) is 24.1 Å². The average molecular weight is 557 g/mol. The molecular formula is C21H21I2NO. The molecule has 0 amide bonds. The quantitative estimate of drug-likeness (QED) is 0.214. The van der Waals surface area contributed by atoms with Gasteiger partial charge < -0.3 is 29.1 Å². The molecule has 0 aliphatic rings. The molecule has 0 aliphatic heterocycles. The Morgan fingerprint density at radius 2 is 1.60 bits per heavy atom. The number of hydrogen-bond acceptors (Lipinski definition) is 1. The summed E-state index contributed by atoms with van der Waals surface area (Å²) in [4.78, 5) is 0. The van der Waals surface area contributed by atoms with E-state index in [-0.39, 0.29) is 24.0 Å². The van der Waals surface area contributed by atoms with Gasteiger partial charge in [-0.3, -0.25) is 0 Å². The summed E-state index contributed by atoms with van der Waals surface area (Å²) in [6.45, 7) is 1.05. The number of fused-ring (bicyclic) bond motifs is 1. The van der Waals surface area contributed by atoms with Gasteiger partial charge in [0, 0.05) is 24.1 Å². The molecule has 2 aromatic carbocycles. The number of aromatic nitrogens is 1. The van der Waals surface area contributed by atoms with Gasteiger partial charge in [0.25, 0.3) is 0 Å². The van der Waals surface area contributed by atoms with Gasteiger partial charge in [-0.1, -0.05) is 65.1 Å². The minimum atomic E-state index is 0. The molecule has 130 valence electrons. The molecular weight excluding hydrogens is 536 g/mol. The predicted octanol–water partition coefficient (Wildman–Crippen LogP) is 2.22. The lowest BCUT2D eigenvalue weighted by Crippen LogP contribution is -3.00. The molecule has 1 heterocycles. The van der Waals surface area contributed by atoms with E-state index in [1.165, 1.54) is 33.7 Å². The number of phenolic OH excluding ortho intramolecular Hbond substituents is 1. The number of nitrogens with zero attached hydrogens (tertiary/aromatic N) is 1. The molecule has 1 aromatic heterocycles. The maximum atomic E-state index is 9.91. The monoisotopic (exact) mass is 557 g/mol. The van der Waals surface area contributed by atoms with Crippen molar-refractivity contribution in [2.45, 2.75) is 19.4 Å². The summed E-state index contributed by atoms with van der Waals surface area (Å²) in [6, 6.07) is 18.1. The lowest BCUT2D eigenvalue weighted by Gasteiger charge is -2.04. The maximum absolute atomic E-state index is 9.91. The Hall–Kier alpha value is -1.15. The number of alkyl halides is 1. The van der Waals surface area contributed by atoms with Crippen LogP contribution in [0.5, 0.6) is 5.75 Å². The van der Waals surface area contributed by atoms with Crippen LogP contribution in [0.25, 0.3) is 23.1 Å². The fourth-order valence-corrected chi connectivity index (χ4v) is 3.37. The molecule has 0 aliphatic carbocycles. The molecule has 0 saturated carbocycles. The summed E-state index contributed by atoms with van der Waals surface area (Å²) in [5, 5.41) is 11.1. The number of halogens is 2. The highest BCUT2D eigenvalue weighted by Crippen LogP contribution is 2.21. The Bertz CT molecular complexity index is 861. The van der Waals surface area contributed by atoms with Crippen molar-refractivity contribution in [3.63, 3.8) is 0 Å². The minimum absolute atomic E-state index is 0. The highest BCUT2D eigenvalue weighted by atomic mass is 127. The van der Waals surface area contributed by atoms with E-state index < -0.39 is 0 Å². The van der Waals surface area contributed by atoms with E-state index in [2.05, 4.69) is 69.8 Å². The first kappa shape index (κ1) is 20.2. The largest absolute Gasteiger partial charge is 1.00 e. The molecule has 0 saturated heterocycles. The van der Waals surface area contributed by atoms with Crippen molar-refractivity contribution in [3.8, 4) is 5.75 Å². The highest BCUT2D eigenvalue weighted by molar-refractivity contribution is 14.1. The molecule has 1 N–H and O–H groups in total. The third-order valence-electron chi connectivity index (χ3n) is 4.12. The lowest BCUT2D eigenvalue weighted by atomic mass is 10.1. The Kier molecular flexibility index (Phi) is 8.15. The van der Waals surface area contributed by atoms with Gasteiger partial charge in [0.2, 0.25) is 5.52 Å². The maximum Gasteiger partial charge on any atom is 0.213 e. The van der Waals surface area contributed by atoms with Crippen LogP contribution in [0, 0.1) is 0 Å². The number of aryl methyl sites for hydroxylation is 1. The summed E-state index contributed by atoms with van der Waals surface area (Å²) in [5.74, 6) is 0.308. The van der Waals surface area contributed by atoms with E-state index in [1.807, 2.05) is 24.3 Å². The number of hydrogen-bond donors (Lipinski definition) is 1. The zero-order chi connectivity index (χ0) is 16.8. The first-order valence-electron chi connectivity index (χ1n) is 8.23. The lowest BCUT2D eigenvalue weighted by molar-refractivity contribution is -0.671. The van der Waals surface area contributed by atoms with E-state index in [0.29, 0.717) is 5.75 Å². The predicted molar refractivity (Wildman–Crippen MR) is 109 cm³/mol. The van der Waals surface area contributed by atoms with Gasteiger partial charge in [-0.15, -0.1) is 0 Å². The molecule has 0 atom stereocenters. The molecule has 25 heavy (non-hydrogen) atoms. The molecule has 0 bridgehead atoms. The SMILES string of the molecule is Oc1ccccc1/C=C/c1cc[n+](CCCCI)c2ccccc12.[I-]. The molecule has 4 heteroatoms. The van der Waals surface area contributed by atoms with Crippen LogP contribution in [0.3, 0.4) is 0 Å². The number of para-hydroxylation sites is 2. The third kappa shape index (κ3) is 5.17. The van der Waals surface area contributed by atoms with Gasteiger partial charge in [-0.05, 0) is 28.5 Å². The fourth-order valence-electron chi connectivity index (χ4n) is 2.83. The Morgan fingerprint density at radius 1 is 0.880 bits per heavy atom. The zero-order valence-electron chi connectivity index (χ0n) is 13.9. The van der Waals surface area contributed by atoms with Crippen molar-refractivity contribution in [1.29, 1.82) is 0 Å². The molecule has 0 radical (unpaired) electrons. The van der Waals surface area contributed by atoms with E-state index in [1.54, 1.807) is 6.07 Å². The van der Waals surface area contributed by atoms with Gasteiger partial charge in [-0.25, -0.2) is 0 Å². The van der Waals surface area contributed by atoms with Crippen molar-refractivity contribution in [3.05, 3.63) is 71.9 Å². The molecule has 3 aromatic rings. The number of phenols is 1. The van der Waals surface area contributed by atoms with Crippen molar-refractivity contribution in [2.24, 2.45) is 0 Å². The summed E-state index contributed by atoms with van der Waals surface area (Å²) in [6.07, 6.45) is 8.66. The summed E-state index contributed by atoms with van der Waals surface area (Å²) >= 11 is 2.43. The second kappa shape index (κ2) is 10.1. The molecule has 0 unspecified atom stereocenters. The van der Waals surface area contributed by atoms with Crippen LogP contribution in [-0.4, -0.2) is 9.53 Å². The smallest absolute Gasteiger partial charge is 0.213 e. The van der Waals surface area contributed by atoms with Gasteiger partial charge in [0.15, 0.2) is 6.20 Å². The Balaban J connectivity index is 0.00000225. The molecule has 3 rings (SSSR count). The normalized spacial score (nSPS) is 10.9. The summed E-state index contributed by atoms with van der Waals surface area (Å²) < 4.78 is 3.54. The van der Waals surface area contributed by atoms with Crippen molar-refractivity contribution in [1.82, 2.24) is 0 Å². The van der Waals surface area contributed by atoms with Crippen LogP contribution in [0.2, 0.25) is 0 Å². The van der Waals surface area contributed by atoms with Crippen molar-refractivity contribution >= 4 is 45.6 Å². The second-order valence-corrected chi connectivity index (χ2v) is 6.85. The van der Waals surface area contributed by atoms with Gasteiger partial charge >= 0.3 is 0 Å². The number of aromatic hydroxyl groups is 1. The van der Waals surface area contributed by atoms with Crippen LogP contribution < -0.4 is 28.5 Å². The fraction of sp³-hybridized carbons (Fsp3) is 0.190. The van der Waals surface area contributed by atoms with E-state index in [4.69, 9.17) is 0 Å². The van der Waals surface area contributed by atoms with Gasteiger partial charge in [0.1, 0.15) is 12.3 Å². The molecule has 0 fully saturated rings. The second-order valence-electron chi connectivity index (χ2n) is 5.77. The van der Waals surface area contributed by atoms with Crippen molar-refractivity contribution in [2.75, 3.05) is 4.43 Å². The Labute approximate surface area is 179 Å². The van der Waals surface area contributed by atoms with Crippen LogP contribution in [0.4, 0.5) is 0 Å². The van der Waals surface area contributed by atoms with Crippen LogP contribution in [0.15, 0.2) is 60.8 Å². The first-order valence-corrected chi connectivity index (χ1v) is 9.75. The molecule has 0 spiro atoms. The highest BCUT2D eigenvalue weighted by Gasteiger charge is 2.10. The van der Waals surface area contributed by atoms with Gasteiger partial charge in [0.05, 0.1) is 5.39 Å². The standard InChI is InChI=1S/C21H20INO.HI/c22-14-5-6-15-23-16-13-17(19-8-2-3-9-20(19)23)11-12-18-7-1-4-10-21(18)24;/h1-4,7-13,16H,5-6,14-15H2;1H. The average Bonchev–Trinajstić information content (AvgIpc) is 2.62. The zero-order valence-corrected chi connectivity index (χ0v) is 18.2. The van der Waals surface area contributed by atoms with Gasteiger partial charge in [-0.2, -0.15) is 4.57 Å². The summed E-state index contributed by atoms with van der Waals surface area (Å²) in [5.41, 5.74) is 3.25. The van der Waals surface area contributed by atoms with E-state index in [9.17, 15) is 5.11 Å². The van der Waals surface area contributed by atoms with E-state index in [0.717, 1.165) is 12.1 Å². The number of benzene rings is 2. The van der Waals surface area contributed by atoms with Crippen molar-refractivity contribution < 1.29 is 33.7 Å². The number of pyridine rings is 1. The first-order chi connectivity index (χ1) is 11.8. The van der Waals surface area contributed by atoms with E-state index >= 15 is 0 Å². The third-order valence-corrected chi connectivity index (χ3v) is 4.88. The number of unbranched alkanes of at least 4 members (excludes halogenated alkanes) is 1. The molecule has 2 nitrogen and oxygen atoms in total. The Morgan fingerprint density at radius 3 is 2.40 bits per heavy atom.